The quantitative estimate of drug-likeness (QED) is 0.749. The van der Waals surface area contributed by atoms with Gasteiger partial charge < -0.3 is 10.4 Å². The third kappa shape index (κ3) is 3.53. The van der Waals surface area contributed by atoms with Crippen LogP contribution in [0.5, 0.6) is 5.75 Å². The predicted molar refractivity (Wildman–Crippen MR) is 68.7 cm³/mol. The van der Waals surface area contributed by atoms with Crippen LogP contribution in [0.15, 0.2) is 12.1 Å². The molecule has 1 rings (SSSR count). The van der Waals surface area contributed by atoms with Crippen molar-refractivity contribution in [1.29, 1.82) is 0 Å². The Hall–Kier alpha value is -1.02. The lowest BCUT2D eigenvalue weighted by atomic mass is 10.0. The molecule has 16 heavy (non-hydrogen) atoms. The van der Waals surface area contributed by atoms with E-state index in [1.54, 1.807) is 6.07 Å². The van der Waals surface area contributed by atoms with Crippen molar-refractivity contribution in [3.63, 3.8) is 0 Å². The highest BCUT2D eigenvalue weighted by Gasteiger charge is 2.04. The molecule has 0 heterocycles. The van der Waals surface area contributed by atoms with Crippen LogP contribution >= 0.6 is 0 Å². The molecule has 1 aromatic rings. The van der Waals surface area contributed by atoms with Crippen LogP contribution in [-0.2, 0) is 6.54 Å². The first-order chi connectivity index (χ1) is 7.52. The van der Waals surface area contributed by atoms with E-state index < -0.39 is 0 Å². The average Bonchev–Trinajstić information content (AvgIpc) is 2.23. The van der Waals surface area contributed by atoms with Crippen molar-refractivity contribution in [2.75, 3.05) is 6.54 Å². The highest BCUT2D eigenvalue weighted by atomic mass is 16.3. The Morgan fingerprint density at radius 2 is 1.88 bits per heavy atom. The zero-order valence-electron chi connectivity index (χ0n) is 10.8. The van der Waals surface area contributed by atoms with Gasteiger partial charge in [0.1, 0.15) is 5.75 Å². The summed E-state index contributed by atoms with van der Waals surface area (Å²) in [5.74, 6) is 1.14. The highest BCUT2D eigenvalue weighted by Crippen LogP contribution is 2.22. The summed E-state index contributed by atoms with van der Waals surface area (Å²) in [5, 5.41) is 13.0. The second-order valence-corrected chi connectivity index (χ2v) is 4.85. The summed E-state index contributed by atoms with van der Waals surface area (Å²) in [4.78, 5) is 0. The predicted octanol–water partition coefficient (Wildman–Crippen LogP) is 3.14. The third-order valence-electron chi connectivity index (χ3n) is 3.08. The summed E-state index contributed by atoms with van der Waals surface area (Å²) in [6, 6.07) is 3.78. The van der Waals surface area contributed by atoms with Gasteiger partial charge in [-0.3, -0.25) is 0 Å². The Morgan fingerprint density at radius 3 is 2.50 bits per heavy atom. The zero-order chi connectivity index (χ0) is 12.1. The van der Waals surface area contributed by atoms with Gasteiger partial charge in [0.15, 0.2) is 0 Å². The van der Waals surface area contributed by atoms with E-state index in [-0.39, 0.29) is 0 Å². The molecule has 0 amide bonds. The summed E-state index contributed by atoms with van der Waals surface area (Å²) < 4.78 is 0. The van der Waals surface area contributed by atoms with Crippen LogP contribution in [0.3, 0.4) is 0 Å². The first-order valence-electron chi connectivity index (χ1n) is 6.01. The average molecular weight is 221 g/mol. The maximum Gasteiger partial charge on any atom is 0.118 e. The molecule has 0 atom stereocenters. The summed E-state index contributed by atoms with van der Waals surface area (Å²) in [5.41, 5.74) is 3.46. The molecule has 0 bridgehead atoms. The minimum atomic E-state index is 0.392. The van der Waals surface area contributed by atoms with E-state index in [0.29, 0.717) is 5.75 Å². The maximum atomic E-state index is 9.55. The number of aromatic hydroxyl groups is 1. The largest absolute Gasteiger partial charge is 0.508 e. The number of benzene rings is 1. The lowest BCUT2D eigenvalue weighted by molar-refractivity contribution is 0.470. The standard InChI is InChI=1S/C14H23NO/c1-10(2)7-8-15-9-13-5-6-14(16)12(4)11(13)3/h5-6,10,15-16H,7-9H2,1-4H3. The molecule has 0 radical (unpaired) electrons. The van der Waals surface area contributed by atoms with Gasteiger partial charge in [0.05, 0.1) is 0 Å². The lowest BCUT2D eigenvalue weighted by Gasteiger charge is -2.12. The van der Waals surface area contributed by atoms with Crippen molar-refractivity contribution in [1.82, 2.24) is 5.32 Å². The van der Waals surface area contributed by atoms with Gasteiger partial charge in [-0.2, -0.15) is 0 Å². The van der Waals surface area contributed by atoms with E-state index in [2.05, 4.69) is 26.1 Å². The number of phenolic OH excluding ortho intramolecular Hbond substituents is 1. The van der Waals surface area contributed by atoms with Gasteiger partial charge in [0.2, 0.25) is 0 Å². The van der Waals surface area contributed by atoms with E-state index in [0.717, 1.165) is 24.6 Å². The van der Waals surface area contributed by atoms with Crippen LogP contribution in [0.2, 0.25) is 0 Å². The van der Waals surface area contributed by atoms with Crippen LogP contribution in [0.1, 0.15) is 37.0 Å². The topological polar surface area (TPSA) is 32.3 Å². The summed E-state index contributed by atoms with van der Waals surface area (Å²) in [7, 11) is 0. The minimum absolute atomic E-state index is 0.392. The first kappa shape index (κ1) is 13.0. The number of phenols is 1. The lowest BCUT2D eigenvalue weighted by Crippen LogP contribution is -2.17. The van der Waals surface area contributed by atoms with Crippen LogP contribution in [0.4, 0.5) is 0 Å². The fourth-order valence-electron chi connectivity index (χ4n) is 1.67. The molecule has 2 nitrogen and oxygen atoms in total. The Morgan fingerprint density at radius 1 is 1.19 bits per heavy atom. The van der Waals surface area contributed by atoms with Crippen molar-refractivity contribution in [2.24, 2.45) is 5.92 Å². The molecule has 0 spiro atoms. The van der Waals surface area contributed by atoms with E-state index in [1.807, 2.05) is 13.0 Å². The second kappa shape index (κ2) is 5.90. The van der Waals surface area contributed by atoms with Crippen molar-refractivity contribution in [3.8, 4) is 5.75 Å². The smallest absolute Gasteiger partial charge is 0.118 e. The molecule has 0 unspecified atom stereocenters. The zero-order valence-corrected chi connectivity index (χ0v) is 10.8. The normalized spacial score (nSPS) is 11.1. The van der Waals surface area contributed by atoms with Crippen LogP contribution in [0.25, 0.3) is 0 Å². The molecule has 0 saturated carbocycles. The van der Waals surface area contributed by atoms with Crippen molar-refractivity contribution in [2.45, 2.75) is 40.7 Å². The summed E-state index contributed by atoms with van der Waals surface area (Å²) in [6.07, 6.45) is 1.20. The molecule has 0 fully saturated rings. The van der Waals surface area contributed by atoms with Gasteiger partial charge in [0.25, 0.3) is 0 Å². The molecule has 90 valence electrons. The van der Waals surface area contributed by atoms with E-state index in [1.165, 1.54) is 17.5 Å². The van der Waals surface area contributed by atoms with E-state index in [9.17, 15) is 5.11 Å². The van der Waals surface area contributed by atoms with Gasteiger partial charge in [-0.25, -0.2) is 0 Å². The molecular formula is C14H23NO. The summed E-state index contributed by atoms with van der Waals surface area (Å²) >= 11 is 0. The SMILES string of the molecule is Cc1c(O)ccc(CNCCC(C)C)c1C. The number of rotatable bonds is 5. The third-order valence-corrected chi connectivity index (χ3v) is 3.08. The molecular weight excluding hydrogens is 198 g/mol. The van der Waals surface area contributed by atoms with Gasteiger partial charge >= 0.3 is 0 Å². The van der Waals surface area contributed by atoms with Crippen molar-refractivity contribution >= 4 is 0 Å². The van der Waals surface area contributed by atoms with E-state index >= 15 is 0 Å². The molecule has 0 aliphatic heterocycles. The van der Waals surface area contributed by atoms with Crippen LogP contribution < -0.4 is 5.32 Å². The van der Waals surface area contributed by atoms with Crippen molar-refractivity contribution < 1.29 is 5.11 Å². The molecule has 1 aromatic carbocycles. The highest BCUT2D eigenvalue weighted by molar-refractivity contribution is 5.42. The Kier molecular flexibility index (Phi) is 4.81. The Bertz CT molecular complexity index is 345. The van der Waals surface area contributed by atoms with Gasteiger partial charge in [-0.15, -0.1) is 0 Å². The Balaban J connectivity index is 2.52. The number of hydrogen-bond donors (Lipinski definition) is 2. The van der Waals surface area contributed by atoms with Crippen LogP contribution in [0, 0.1) is 19.8 Å². The molecule has 2 heteroatoms. The Labute approximate surface area is 98.7 Å². The van der Waals surface area contributed by atoms with Gasteiger partial charge in [0, 0.05) is 6.54 Å². The molecule has 0 aliphatic rings. The monoisotopic (exact) mass is 221 g/mol. The van der Waals surface area contributed by atoms with E-state index in [4.69, 9.17) is 0 Å². The second-order valence-electron chi connectivity index (χ2n) is 4.85. The summed E-state index contributed by atoms with van der Waals surface area (Å²) in [6.45, 7) is 10.4. The molecule has 2 N–H and O–H groups in total. The molecule has 0 aromatic heterocycles. The number of nitrogens with one attached hydrogen (secondary N) is 1. The van der Waals surface area contributed by atoms with Gasteiger partial charge in [-0.05, 0) is 55.5 Å². The molecule has 0 aliphatic carbocycles. The minimum Gasteiger partial charge on any atom is -0.508 e. The van der Waals surface area contributed by atoms with Crippen LogP contribution in [-0.4, -0.2) is 11.7 Å². The number of hydrogen-bond acceptors (Lipinski definition) is 2. The fourth-order valence-corrected chi connectivity index (χ4v) is 1.67. The molecule has 0 saturated heterocycles. The first-order valence-corrected chi connectivity index (χ1v) is 6.01. The van der Waals surface area contributed by atoms with Gasteiger partial charge in [-0.1, -0.05) is 19.9 Å². The fraction of sp³-hybridized carbons (Fsp3) is 0.571. The maximum absolute atomic E-state index is 9.55. The van der Waals surface area contributed by atoms with Crippen molar-refractivity contribution in [3.05, 3.63) is 28.8 Å².